The Bertz CT molecular complexity index is 476. The van der Waals surface area contributed by atoms with Gasteiger partial charge in [-0.3, -0.25) is 0 Å². The fourth-order valence-corrected chi connectivity index (χ4v) is 2.00. The van der Waals surface area contributed by atoms with Crippen molar-refractivity contribution < 1.29 is 47.3 Å². The largest absolute Gasteiger partial charge is 1.00 e. The molecule has 0 radical (unpaired) electrons. The molecule has 0 saturated heterocycles. The maximum atomic E-state index is 10.4. The summed E-state index contributed by atoms with van der Waals surface area (Å²) in [5, 5.41) is 3.08. The molecule has 0 spiro atoms. The standard InChI is InChI=1S/C11H17NO4S.Na/c1-9-10(5-3-6-11(9)16-2)12-7-4-8-17(13,14)15;/h3,5-6,12H,4,7-8H2,1-2H3,(H,13,14,15);/q;+1/p-1. The van der Waals surface area contributed by atoms with E-state index in [-0.39, 0.29) is 35.3 Å². The Balaban J connectivity index is 0.00000289. The number of nitrogens with one attached hydrogen (secondary N) is 1. The Hall–Kier alpha value is -0.270. The second kappa shape index (κ2) is 8.01. The van der Waals surface area contributed by atoms with Crippen LogP contribution in [0.4, 0.5) is 5.69 Å². The van der Waals surface area contributed by atoms with Crippen molar-refractivity contribution in [3.8, 4) is 5.75 Å². The van der Waals surface area contributed by atoms with Crippen molar-refractivity contribution in [2.75, 3.05) is 24.7 Å². The number of anilines is 1. The number of ether oxygens (including phenoxy) is 1. The minimum absolute atomic E-state index is 0. The molecular formula is C11H16NNaO4S. The van der Waals surface area contributed by atoms with Crippen LogP contribution in [0.25, 0.3) is 0 Å². The van der Waals surface area contributed by atoms with Gasteiger partial charge in [-0.05, 0) is 25.5 Å². The Kier molecular flexibility index (Phi) is 7.89. The van der Waals surface area contributed by atoms with Gasteiger partial charge in [-0.2, -0.15) is 0 Å². The van der Waals surface area contributed by atoms with Crippen molar-refractivity contribution in [3.63, 3.8) is 0 Å². The molecule has 0 fully saturated rings. The molecule has 0 aromatic heterocycles. The van der Waals surface area contributed by atoms with Gasteiger partial charge >= 0.3 is 29.6 Å². The van der Waals surface area contributed by atoms with E-state index in [1.165, 1.54) is 0 Å². The van der Waals surface area contributed by atoms with E-state index in [4.69, 9.17) is 4.74 Å². The van der Waals surface area contributed by atoms with Crippen molar-refractivity contribution in [3.05, 3.63) is 23.8 Å². The monoisotopic (exact) mass is 281 g/mol. The van der Waals surface area contributed by atoms with Crippen molar-refractivity contribution >= 4 is 15.8 Å². The number of hydrogen-bond donors (Lipinski definition) is 1. The van der Waals surface area contributed by atoms with Crippen molar-refractivity contribution in [1.82, 2.24) is 0 Å². The molecule has 5 nitrogen and oxygen atoms in total. The van der Waals surface area contributed by atoms with Crippen LogP contribution in [-0.4, -0.2) is 32.4 Å². The van der Waals surface area contributed by atoms with Crippen LogP contribution in [0.5, 0.6) is 5.75 Å². The molecule has 0 saturated carbocycles. The molecule has 0 bridgehead atoms. The van der Waals surface area contributed by atoms with Crippen LogP contribution in [0, 0.1) is 6.92 Å². The zero-order chi connectivity index (χ0) is 12.9. The molecule has 7 heteroatoms. The molecule has 0 aliphatic rings. The van der Waals surface area contributed by atoms with Crippen LogP contribution >= 0.6 is 0 Å². The Morgan fingerprint density at radius 1 is 1.39 bits per heavy atom. The zero-order valence-corrected chi connectivity index (χ0v) is 13.7. The predicted octanol–water partition coefficient (Wildman–Crippen LogP) is -1.65. The molecule has 0 aliphatic carbocycles. The SMILES string of the molecule is COc1cccc(NCCCS(=O)(=O)[O-])c1C.[Na+]. The van der Waals surface area contributed by atoms with Crippen LogP contribution in [0.3, 0.4) is 0 Å². The second-order valence-electron chi connectivity index (χ2n) is 3.67. The molecule has 1 aromatic carbocycles. The van der Waals surface area contributed by atoms with E-state index in [1.54, 1.807) is 7.11 Å². The summed E-state index contributed by atoms with van der Waals surface area (Å²) < 4.78 is 36.4. The summed E-state index contributed by atoms with van der Waals surface area (Å²) in [4.78, 5) is 0. The zero-order valence-electron chi connectivity index (χ0n) is 10.9. The van der Waals surface area contributed by atoms with Crippen molar-refractivity contribution in [2.24, 2.45) is 0 Å². The summed E-state index contributed by atoms with van der Waals surface area (Å²) in [6.07, 6.45) is 0.294. The quantitative estimate of drug-likeness (QED) is 0.384. The van der Waals surface area contributed by atoms with Gasteiger partial charge in [0.2, 0.25) is 0 Å². The van der Waals surface area contributed by atoms with Gasteiger partial charge in [-0.25, -0.2) is 8.42 Å². The van der Waals surface area contributed by atoms with Gasteiger partial charge in [0, 0.05) is 23.5 Å². The summed E-state index contributed by atoms with van der Waals surface area (Å²) in [5.74, 6) is 0.426. The number of hydrogen-bond acceptors (Lipinski definition) is 5. The first-order valence-electron chi connectivity index (χ1n) is 5.25. The van der Waals surface area contributed by atoms with Gasteiger partial charge in [0.1, 0.15) is 5.75 Å². The Morgan fingerprint density at radius 3 is 2.61 bits per heavy atom. The number of benzene rings is 1. The first kappa shape index (κ1) is 17.7. The molecule has 1 aromatic rings. The van der Waals surface area contributed by atoms with Crippen LogP contribution in [-0.2, 0) is 10.1 Å². The Morgan fingerprint density at radius 2 is 2.06 bits per heavy atom. The molecular weight excluding hydrogens is 265 g/mol. The van der Waals surface area contributed by atoms with E-state index < -0.39 is 10.1 Å². The molecule has 0 unspecified atom stereocenters. The molecule has 0 aliphatic heterocycles. The number of rotatable bonds is 6. The molecule has 1 N–H and O–H groups in total. The summed E-state index contributed by atoms with van der Waals surface area (Å²) in [7, 11) is -2.52. The maximum absolute atomic E-state index is 10.4. The van der Waals surface area contributed by atoms with E-state index in [0.717, 1.165) is 17.0 Å². The van der Waals surface area contributed by atoms with E-state index in [1.807, 2.05) is 25.1 Å². The first-order chi connectivity index (χ1) is 7.94. The minimum Gasteiger partial charge on any atom is -0.748 e. The van der Waals surface area contributed by atoms with Crippen LogP contribution < -0.4 is 39.6 Å². The first-order valence-corrected chi connectivity index (χ1v) is 6.83. The summed E-state index contributed by atoms with van der Waals surface area (Å²) in [6, 6.07) is 5.57. The third kappa shape index (κ3) is 6.06. The third-order valence-electron chi connectivity index (χ3n) is 2.39. The van der Waals surface area contributed by atoms with Gasteiger partial charge in [0.25, 0.3) is 0 Å². The molecule has 18 heavy (non-hydrogen) atoms. The van der Waals surface area contributed by atoms with E-state index in [0.29, 0.717) is 13.0 Å². The smallest absolute Gasteiger partial charge is 0.748 e. The third-order valence-corrected chi connectivity index (χ3v) is 3.18. The topological polar surface area (TPSA) is 78.5 Å². The van der Waals surface area contributed by atoms with Gasteiger partial charge in [0.05, 0.1) is 17.2 Å². The van der Waals surface area contributed by atoms with Crippen LogP contribution in [0.15, 0.2) is 18.2 Å². The fraction of sp³-hybridized carbons (Fsp3) is 0.455. The summed E-state index contributed by atoms with van der Waals surface area (Å²) >= 11 is 0. The minimum atomic E-state index is -4.12. The van der Waals surface area contributed by atoms with Gasteiger partial charge < -0.3 is 14.6 Å². The number of methoxy groups -OCH3 is 1. The van der Waals surface area contributed by atoms with Gasteiger partial charge in [-0.15, -0.1) is 0 Å². The second-order valence-corrected chi connectivity index (χ2v) is 5.20. The summed E-state index contributed by atoms with van der Waals surface area (Å²) in [6.45, 7) is 2.35. The van der Waals surface area contributed by atoms with E-state index in [2.05, 4.69) is 5.32 Å². The fourth-order valence-electron chi connectivity index (χ4n) is 1.50. The molecule has 0 amide bonds. The molecule has 1 rings (SSSR count). The summed E-state index contributed by atoms with van der Waals surface area (Å²) in [5.41, 5.74) is 1.84. The van der Waals surface area contributed by atoms with Crippen molar-refractivity contribution in [2.45, 2.75) is 13.3 Å². The maximum Gasteiger partial charge on any atom is 1.00 e. The van der Waals surface area contributed by atoms with Gasteiger partial charge in [-0.1, -0.05) is 6.07 Å². The Labute approximate surface area is 130 Å². The van der Waals surface area contributed by atoms with Gasteiger partial charge in [0.15, 0.2) is 0 Å². The van der Waals surface area contributed by atoms with E-state index in [9.17, 15) is 13.0 Å². The van der Waals surface area contributed by atoms with Crippen LogP contribution in [0.1, 0.15) is 12.0 Å². The van der Waals surface area contributed by atoms with Crippen molar-refractivity contribution in [1.29, 1.82) is 0 Å². The molecule has 96 valence electrons. The van der Waals surface area contributed by atoms with E-state index >= 15 is 0 Å². The molecule has 0 atom stereocenters. The average Bonchev–Trinajstić information content (AvgIpc) is 2.25. The normalized spacial score (nSPS) is 10.6. The molecule has 0 heterocycles. The van der Waals surface area contributed by atoms with Crippen LogP contribution in [0.2, 0.25) is 0 Å². The predicted molar refractivity (Wildman–Crippen MR) is 65.4 cm³/mol. The average molecular weight is 281 g/mol.